The molecule has 144 valence electrons. The van der Waals surface area contributed by atoms with Gasteiger partial charge < -0.3 is 10.2 Å². The Kier molecular flexibility index (Phi) is 5.04. The molecule has 28 heavy (non-hydrogen) atoms. The maximum atomic E-state index is 12.7. The van der Waals surface area contributed by atoms with Gasteiger partial charge in [-0.3, -0.25) is 4.79 Å². The number of phenols is 2. The number of ketones is 1. The van der Waals surface area contributed by atoms with Crippen LogP contribution in [0.3, 0.4) is 0 Å². The van der Waals surface area contributed by atoms with Crippen molar-refractivity contribution in [3.8, 4) is 22.8 Å². The minimum absolute atomic E-state index is 0.00734. The molecule has 3 aromatic rings. The molecule has 0 aliphatic heterocycles. The molecular weight excluding hydrogens is 373 g/mol. The molecule has 8 heteroatoms. The number of phenolic OH excluding ortho intramolecular Hbond substituents is 2. The first-order valence-corrected chi connectivity index (χ1v) is 8.21. The third-order valence-electron chi connectivity index (χ3n) is 4.13. The van der Waals surface area contributed by atoms with Gasteiger partial charge >= 0.3 is 6.18 Å². The first-order chi connectivity index (χ1) is 13.1. The molecule has 0 aliphatic carbocycles. The van der Waals surface area contributed by atoms with Crippen LogP contribution in [0.15, 0.2) is 48.5 Å². The Morgan fingerprint density at radius 1 is 1.04 bits per heavy atom. The number of hydrogen-bond acceptors (Lipinski definition) is 5. The summed E-state index contributed by atoms with van der Waals surface area (Å²) in [4.78, 5) is 12.4. The van der Waals surface area contributed by atoms with Crippen LogP contribution in [0.1, 0.15) is 27.2 Å². The summed E-state index contributed by atoms with van der Waals surface area (Å²) in [5.41, 5.74) is 0.455. The van der Waals surface area contributed by atoms with E-state index in [2.05, 4.69) is 10.2 Å². The molecule has 2 N–H and O–H groups in total. The highest BCUT2D eigenvalue weighted by Crippen LogP contribution is 2.36. The lowest BCUT2D eigenvalue weighted by atomic mass is 10.0. The number of carbonyl (C=O) groups excluding carboxylic acids is 1. The topological polar surface area (TPSA) is 83.3 Å². The van der Waals surface area contributed by atoms with E-state index in [1.54, 1.807) is 19.1 Å². The fraction of sp³-hybridized carbons (Fsp3) is 0.150. The van der Waals surface area contributed by atoms with Crippen molar-refractivity contribution in [1.29, 1.82) is 0 Å². The zero-order valence-electron chi connectivity index (χ0n) is 14.7. The summed E-state index contributed by atoms with van der Waals surface area (Å²) in [6, 6.07) is 10.3. The van der Waals surface area contributed by atoms with Crippen molar-refractivity contribution in [3.05, 3.63) is 70.9 Å². The quantitative estimate of drug-likeness (QED) is 0.651. The molecule has 2 aromatic carbocycles. The van der Waals surface area contributed by atoms with Gasteiger partial charge in [-0.05, 0) is 54.4 Å². The average molecular weight is 388 g/mol. The van der Waals surface area contributed by atoms with Crippen LogP contribution in [-0.4, -0.2) is 26.2 Å². The number of aromatic nitrogens is 2. The number of rotatable bonds is 4. The zero-order valence-corrected chi connectivity index (χ0v) is 14.7. The first-order valence-electron chi connectivity index (χ1n) is 8.21. The Hall–Kier alpha value is -3.42. The molecule has 0 spiro atoms. The van der Waals surface area contributed by atoms with Crippen molar-refractivity contribution < 1.29 is 28.2 Å². The van der Waals surface area contributed by atoms with Crippen LogP contribution in [-0.2, 0) is 12.6 Å². The molecule has 0 saturated carbocycles. The Morgan fingerprint density at radius 3 is 2.39 bits per heavy atom. The fourth-order valence-electron chi connectivity index (χ4n) is 2.74. The summed E-state index contributed by atoms with van der Waals surface area (Å²) in [6.07, 6.45) is -4.56. The van der Waals surface area contributed by atoms with Gasteiger partial charge in [-0.25, -0.2) is 0 Å². The number of aryl methyl sites for hydroxylation is 1. The number of alkyl halides is 3. The van der Waals surface area contributed by atoms with Crippen LogP contribution < -0.4 is 0 Å². The standard InChI is InChI=1S/C20H15F3N2O3/c1-11-7-16(18(28)9-12-3-2-4-14(26)8-12)24-25-19(11)15-6-5-13(10-17(15)27)20(21,22)23/h2-8,10,26-27H,9H2,1H3. The third-order valence-corrected chi connectivity index (χ3v) is 4.13. The van der Waals surface area contributed by atoms with Crippen LogP contribution in [0, 0.1) is 6.92 Å². The summed E-state index contributed by atoms with van der Waals surface area (Å²) in [5.74, 6) is -0.865. The second-order valence-corrected chi connectivity index (χ2v) is 6.26. The molecule has 0 atom stereocenters. The molecule has 1 aromatic heterocycles. The normalized spacial score (nSPS) is 11.4. The molecule has 0 saturated heterocycles. The highest BCUT2D eigenvalue weighted by molar-refractivity contribution is 5.96. The average Bonchev–Trinajstić information content (AvgIpc) is 2.61. The van der Waals surface area contributed by atoms with E-state index >= 15 is 0 Å². The van der Waals surface area contributed by atoms with Gasteiger partial charge in [0.15, 0.2) is 5.78 Å². The van der Waals surface area contributed by atoms with Crippen molar-refractivity contribution in [2.75, 3.05) is 0 Å². The van der Waals surface area contributed by atoms with Gasteiger partial charge in [-0.2, -0.15) is 13.2 Å². The van der Waals surface area contributed by atoms with E-state index in [9.17, 15) is 28.2 Å². The van der Waals surface area contributed by atoms with Crippen LogP contribution in [0.2, 0.25) is 0 Å². The van der Waals surface area contributed by atoms with Crippen molar-refractivity contribution in [1.82, 2.24) is 10.2 Å². The van der Waals surface area contributed by atoms with Gasteiger partial charge in [0.1, 0.15) is 17.2 Å². The molecule has 0 unspecified atom stereocenters. The van der Waals surface area contributed by atoms with Gasteiger partial charge in [-0.1, -0.05) is 12.1 Å². The van der Waals surface area contributed by atoms with Crippen molar-refractivity contribution in [2.45, 2.75) is 19.5 Å². The Labute approximate surface area is 158 Å². The van der Waals surface area contributed by atoms with E-state index in [-0.39, 0.29) is 34.9 Å². The van der Waals surface area contributed by atoms with Gasteiger partial charge in [-0.15, -0.1) is 10.2 Å². The van der Waals surface area contributed by atoms with Crippen molar-refractivity contribution in [3.63, 3.8) is 0 Å². The maximum Gasteiger partial charge on any atom is 0.416 e. The predicted octanol–water partition coefficient (Wildman–Crippen LogP) is 4.31. The minimum atomic E-state index is -4.57. The van der Waals surface area contributed by atoms with Gasteiger partial charge in [0.25, 0.3) is 0 Å². The van der Waals surface area contributed by atoms with Gasteiger partial charge in [0.05, 0.1) is 11.3 Å². The number of halogens is 3. The Morgan fingerprint density at radius 2 is 1.79 bits per heavy atom. The molecule has 0 fully saturated rings. The SMILES string of the molecule is Cc1cc(C(=O)Cc2cccc(O)c2)nnc1-c1ccc(C(F)(F)F)cc1O. The lowest BCUT2D eigenvalue weighted by Gasteiger charge is -2.11. The van der Waals surface area contributed by atoms with Crippen molar-refractivity contribution >= 4 is 5.78 Å². The summed E-state index contributed by atoms with van der Waals surface area (Å²) in [7, 11) is 0. The molecule has 0 radical (unpaired) electrons. The van der Waals surface area contributed by atoms with Crippen LogP contribution >= 0.6 is 0 Å². The molecule has 3 rings (SSSR count). The lowest BCUT2D eigenvalue weighted by molar-refractivity contribution is -0.137. The highest BCUT2D eigenvalue weighted by atomic mass is 19.4. The fourth-order valence-corrected chi connectivity index (χ4v) is 2.74. The second-order valence-electron chi connectivity index (χ2n) is 6.26. The molecule has 0 bridgehead atoms. The van der Waals surface area contributed by atoms with E-state index in [4.69, 9.17) is 0 Å². The van der Waals surface area contributed by atoms with Gasteiger partial charge in [0.2, 0.25) is 0 Å². The number of nitrogens with zero attached hydrogens (tertiary/aromatic N) is 2. The highest BCUT2D eigenvalue weighted by Gasteiger charge is 2.31. The number of hydrogen-bond donors (Lipinski definition) is 2. The molecule has 5 nitrogen and oxygen atoms in total. The number of benzene rings is 2. The second kappa shape index (κ2) is 7.30. The zero-order chi connectivity index (χ0) is 20.5. The van der Waals surface area contributed by atoms with Gasteiger partial charge in [0, 0.05) is 12.0 Å². The molecule has 0 aliphatic rings. The monoisotopic (exact) mass is 388 g/mol. The largest absolute Gasteiger partial charge is 0.508 e. The molecule has 0 amide bonds. The Balaban J connectivity index is 1.87. The van der Waals surface area contributed by atoms with Crippen LogP contribution in [0.25, 0.3) is 11.3 Å². The predicted molar refractivity (Wildman–Crippen MR) is 95.0 cm³/mol. The lowest BCUT2D eigenvalue weighted by Crippen LogP contribution is -2.09. The summed E-state index contributed by atoms with van der Waals surface area (Å²) >= 11 is 0. The van der Waals surface area contributed by atoms with Crippen LogP contribution in [0.5, 0.6) is 11.5 Å². The number of carbonyl (C=O) groups is 1. The number of aromatic hydroxyl groups is 2. The van der Waals surface area contributed by atoms with Crippen molar-refractivity contribution in [2.24, 2.45) is 0 Å². The number of Topliss-reactive ketones (excluding diaryl/α,β-unsaturated/α-hetero) is 1. The summed E-state index contributed by atoms with van der Waals surface area (Å²) < 4.78 is 38.2. The first kappa shape index (κ1) is 19.3. The van der Waals surface area contributed by atoms with E-state index < -0.39 is 17.5 Å². The van der Waals surface area contributed by atoms with Crippen LogP contribution in [0.4, 0.5) is 13.2 Å². The summed E-state index contributed by atoms with van der Waals surface area (Å²) in [5, 5.41) is 27.2. The van der Waals surface area contributed by atoms with E-state index in [1.807, 2.05) is 0 Å². The van der Waals surface area contributed by atoms with E-state index in [0.717, 1.165) is 12.1 Å². The molecule has 1 heterocycles. The van der Waals surface area contributed by atoms with E-state index in [0.29, 0.717) is 17.2 Å². The third kappa shape index (κ3) is 4.11. The van der Waals surface area contributed by atoms with E-state index in [1.165, 1.54) is 18.2 Å². The molecular formula is C20H15F3N2O3. The maximum absolute atomic E-state index is 12.7. The smallest absolute Gasteiger partial charge is 0.416 e. The summed E-state index contributed by atoms with van der Waals surface area (Å²) in [6.45, 7) is 1.62. The Bertz CT molecular complexity index is 1050. The minimum Gasteiger partial charge on any atom is -0.508 e.